The monoisotopic (exact) mass is 369 g/mol. The van der Waals surface area contributed by atoms with Crippen LogP contribution in [0.2, 0.25) is 0 Å². The molecule has 4 rings (SSSR count). The van der Waals surface area contributed by atoms with E-state index in [1.54, 1.807) is 37.5 Å². The molecule has 4 heterocycles. The molecule has 1 fully saturated rings. The van der Waals surface area contributed by atoms with Crippen LogP contribution in [0.25, 0.3) is 0 Å². The molecule has 9 nitrogen and oxygen atoms in total. The number of fused-ring (bicyclic) bond motifs is 4. The van der Waals surface area contributed by atoms with Crippen LogP contribution >= 0.6 is 0 Å². The third-order valence-corrected chi connectivity index (χ3v) is 4.93. The van der Waals surface area contributed by atoms with Gasteiger partial charge in [0.05, 0.1) is 18.8 Å². The summed E-state index contributed by atoms with van der Waals surface area (Å²) in [6.07, 6.45) is 2.40. The Bertz CT molecular complexity index is 986. The SMILES string of the molecule is COC(=O)c1ccc2c(n1)N(C(=O)Nc1cccn(C)c1=O)C1CCN2C1. The molecular formula is C18H19N5O4. The van der Waals surface area contributed by atoms with Crippen LogP contribution in [-0.2, 0) is 11.8 Å². The number of nitrogens with one attached hydrogen (secondary N) is 1. The summed E-state index contributed by atoms with van der Waals surface area (Å²) >= 11 is 0. The number of hydrogen-bond acceptors (Lipinski definition) is 6. The van der Waals surface area contributed by atoms with E-state index in [-0.39, 0.29) is 23.0 Å². The zero-order chi connectivity index (χ0) is 19.1. The molecule has 2 amide bonds. The predicted octanol–water partition coefficient (Wildman–Crippen LogP) is 1.20. The van der Waals surface area contributed by atoms with Crippen molar-refractivity contribution in [1.82, 2.24) is 9.55 Å². The molecule has 140 valence electrons. The topological polar surface area (TPSA) is 96.8 Å². The van der Waals surface area contributed by atoms with Crippen LogP contribution in [-0.4, -0.2) is 47.8 Å². The van der Waals surface area contributed by atoms with Crippen LogP contribution < -0.4 is 20.7 Å². The second-order valence-corrected chi connectivity index (χ2v) is 6.56. The van der Waals surface area contributed by atoms with Gasteiger partial charge in [-0.05, 0) is 30.7 Å². The number of esters is 1. The smallest absolute Gasteiger partial charge is 0.356 e. The lowest BCUT2D eigenvalue weighted by molar-refractivity contribution is 0.0594. The molecule has 1 N–H and O–H groups in total. The zero-order valence-corrected chi connectivity index (χ0v) is 15.0. The van der Waals surface area contributed by atoms with Crippen molar-refractivity contribution in [3.63, 3.8) is 0 Å². The van der Waals surface area contributed by atoms with Gasteiger partial charge in [0, 0.05) is 26.3 Å². The normalized spacial score (nSPS) is 17.5. The van der Waals surface area contributed by atoms with Crippen molar-refractivity contribution in [2.45, 2.75) is 12.5 Å². The molecule has 2 aromatic heterocycles. The van der Waals surface area contributed by atoms with E-state index in [1.165, 1.54) is 16.6 Å². The van der Waals surface area contributed by atoms with Gasteiger partial charge in [-0.1, -0.05) is 0 Å². The molecule has 1 atom stereocenters. The van der Waals surface area contributed by atoms with Crippen molar-refractivity contribution < 1.29 is 14.3 Å². The van der Waals surface area contributed by atoms with Gasteiger partial charge < -0.3 is 19.5 Å². The van der Waals surface area contributed by atoms with Crippen molar-refractivity contribution in [2.24, 2.45) is 7.05 Å². The largest absolute Gasteiger partial charge is 0.464 e. The third kappa shape index (κ3) is 2.80. The molecule has 2 aliphatic rings. The number of urea groups is 1. The number of ether oxygens (including phenoxy) is 1. The maximum Gasteiger partial charge on any atom is 0.356 e. The zero-order valence-electron chi connectivity index (χ0n) is 15.0. The van der Waals surface area contributed by atoms with Gasteiger partial charge >= 0.3 is 12.0 Å². The van der Waals surface area contributed by atoms with Crippen molar-refractivity contribution >= 4 is 29.2 Å². The van der Waals surface area contributed by atoms with Gasteiger partial charge in [0.2, 0.25) is 0 Å². The Labute approximate surface area is 155 Å². The van der Waals surface area contributed by atoms with Crippen molar-refractivity contribution in [3.05, 3.63) is 46.5 Å². The lowest BCUT2D eigenvalue weighted by Gasteiger charge is -2.35. The minimum atomic E-state index is -0.567. The summed E-state index contributed by atoms with van der Waals surface area (Å²) in [5.41, 5.74) is 0.809. The van der Waals surface area contributed by atoms with Gasteiger partial charge in [-0.25, -0.2) is 14.6 Å². The van der Waals surface area contributed by atoms with Crippen LogP contribution in [0.4, 0.5) is 22.0 Å². The lowest BCUT2D eigenvalue weighted by atomic mass is 10.1. The van der Waals surface area contributed by atoms with E-state index in [0.29, 0.717) is 12.4 Å². The fourth-order valence-corrected chi connectivity index (χ4v) is 3.56. The number of carbonyl (C=O) groups excluding carboxylic acids is 2. The molecule has 2 aliphatic heterocycles. The molecule has 1 saturated heterocycles. The van der Waals surface area contributed by atoms with Crippen LogP contribution in [0, 0.1) is 0 Å². The second-order valence-electron chi connectivity index (χ2n) is 6.56. The Morgan fingerprint density at radius 1 is 1.30 bits per heavy atom. The number of aromatic nitrogens is 2. The van der Waals surface area contributed by atoms with Crippen molar-refractivity contribution in [1.29, 1.82) is 0 Å². The van der Waals surface area contributed by atoms with Crippen molar-refractivity contribution in [2.75, 3.05) is 35.3 Å². The quantitative estimate of drug-likeness (QED) is 0.799. The van der Waals surface area contributed by atoms with Gasteiger partial charge in [0.15, 0.2) is 11.5 Å². The number of pyridine rings is 2. The van der Waals surface area contributed by atoms with E-state index >= 15 is 0 Å². The van der Waals surface area contributed by atoms with E-state index in [0.717, 1.165) is 18.7 Å². The average Bonchev–Trinajstić information content (AvgIpc) is 3.09. The Morgan fingerprint density at radius 3 is 2.89 bits per heavy atom. The summed E-state index contributed by atoms with van der Waals surface area (Å²) in [5.74, 6) is -0.167. The highest BCUT2D eigenvalue weighted by molar-refractivity contribution is 6.05. The molecule has 0 aromatic carbocycles. The molecule has 2 aromatic rings. The fraction of sp³-hybridized carbons (Fsp3) is 0.333. The number of carbonyl (C=O) groups is 2. The summed E-state index contributed by atoms with van der Waals surface area (Å²) in [6, 6.07) is 6.09. The van der Waals surface area contributed by atoms with Gasteiger partial charge in [0.25, 0.3) is 5.56 Å². The summed E-state index contributed by atoms with van der Waals surface area (Å²) in [6.45, 7) is 1.49. The minimum Gasteiger partial charge on any atom is -0.464 e. The van der Waals surface area contributed by atoms with Crippen molar-refractivity contribution in [3.8, 4) is 0 Å². The number of hydrogen-bond donors (Lipinski definition) is 1. The first-order valence-electron chi connectivity index (χ1n) is 8.59. The number of methoxy groups -OCH3 is 1. The van der Waals surface area contributed by atoms with Crippen LogP contribution in [0.1, 0.15) is 16.9 Å². The Kier molecular flexibility index (Phi) is 4.06. The fourth-order valence-electron chi connectivity index (χ4n) is 3.56. The summed E-state index contributed by atoms with van der Waals surface area (Å²) in [4.78, 5) is 45.2. The van der Waals surface area contributed by atoms with Crippen LogP contribution in [0.15, 0.2) is 35.3 Å². The maximum absolute atomic E-state index is 13.0. The molecule has 27 heavy (non-hydrogen) atoms. The maximum atomic E-state index is 13.0. The molecule has 0 saturated carbocycles. The lowest BCUT2D eigenvalue weighted by Crippen LogP contribution is -2.49. The number of amides is 2. The summed E-state index contributed by atoms with van der Waals surface area (Å²) in [7, 11) is 2.90. The van der Waals surface area contributed by atoms with Gasteiger partial charge in [-0.3, -0.25) is 9.69 Å². The van der Waals surface area contributed by atoms with Gasteiger partial charge in [-0.15, -0.1) is 0 Å². The Hall–Kier alpha value is -3.36. The van der Waals surface area contributed by atoms with E-state index in [4.69, 9.17) is 4.74 Å². The number of aryl methyl sites for hydroxylation is 1. The third-order valence-electron chi connectivity index (χ3n) is 4.93. The van der Waals surface area contributed by atoms with Crippen LogP contribution in [0.3, 0.4) is 0 Å². The molecule has 2 bridgehead atoms. The molecule has 0 radical (unpaired) electrons. The highest BCUT2D eigenvalue weighted by atomic mass is 16.5. The molecule has 0 aliphatic carbocycles. The van der Waals surface area contributed by atoms with E-state index in [1.807, 2.05) is 0 Å². The Morgan fingerprint density at radius 2 is 2.11 bits per heavy atom. The molecular weight excluding hydrogens is 350 g/mol. The van der Waals surface area contributed by atoms with E-state index < -0.39 is 12.0 Å². The predicted molar refractivity (Wildman–Crippen MR) is 99.4 cm³/mol. The Balaban J connectivity index is 1.72. The first kappa shape index (κ1) is 17.1. The molecule has 0 spiro atoms. The summed E-state index contributed by atoms with van der Waals surface area (Å²) < 4.78 is 6.13. The van der Waals surface area contributed by atoms with Gasteiger partial charge in [-0.2, -0.15) is 0 Å². The first-order chi connectivity index (χ1) is 13.0. The number of nitrogens with zero attached hydrogens (tertiary/aromatic N) is 4. The highest BCUT2D eigenvalue weighted by Crippen LogP contribution is 2.39. The highest BCUT2D eigenvalue weighted by Gasteiger charge is 2.40. The van der Waals surface area contributed by atoms with E-state index in [9.17, 15) is 14.4 Å². The second kappa shape index (κ2) is 6.42. The number of rotatable bonds is 2. The van der Waals surface area contributed by atoms with Gasteiger partial charge in [0.1, 0.15) is 5.69 Å². The van der Waals surface area contributed by atoms with Crippen LogP contribution in [0.5, 0.6) is 0 Å². The standard InChI is InChI=1S/C18H19N5O4/c1-21-8-3-4-12(16(21)24)20-18(26)23-11-7-9-22(10-11)14-6-5-13(17(25)27-2)19-15(14)23/h3-6,8,11H,7,9-10H2,1-2H3,(H,20,26). The molecule has 9 heteroatoms. The minimum absolute atomic E-state index is 0.0783. The number of anilines is 3. The van der Waals surface area contributed by atoms with E-state index in [2.05, 4.69) is 15.2 Å². The first-order valence-corrected chi connectivity index (χ1v) is 8.59. The average molecular weight is 369 g/mol. The molecule has 1 unspecified atom stereocenters. The summed E-state index contributed by atoms with van der Waals surface area (Å²) in [5, 5.41) is 2.69.